The molecule has 3 aromatic carbocycles. The fourth-order valence-electron chi connectivity index (χ4n) is 3.46. The molecule has 166 valence electrons. The van der Waals surface area contributed by atoms with Crippen molar-refractivity contribution in [1.82, 2.24) is 10.4 Å². The molecule has 0 radical (unpaired) electrons. The fraction of sp³-hybridized carbons (Fsp3) is 0.148. The number of para-hydroxylation sites is 1. The zero-order valence-corrected chi connectivity index (χ0v) is 18.8. The maximum atomic E-state index is 13.0. The number of fused-ring (bicyclic) bond motifs is 1. The molecule has 0 unspecified atom stereocenters. The number of nitrogens with zero attached hydrogens (tertiary/aromatic N) is 2. The molecule has 1 heterocycles. The number of carbonyl (C=O) groups excluding carboxylic acids is 1. The topological polar surface area (TPSA) is 72.8 Å². The normalized spacial score (nSPS) is 11.2. The Hall–Kier alpha value is -4.19. The molecule has 0 spiro atoms. The summed E-state index contributed by atoms with van der Waals surface area (Å²) >= 11 is 0. The smallest absolute Gasteiger partial charge is 0.272 e. The summed E-state index contributed by atoms with van der Waals surface area (Å²) in [5, 5.41) is 4.92. The maximum absolute atomic E-state index is 13.0. The Morgan fingerprint density at radius 3 is 2.48 bits per heavy atom. The number of methoxy groups -OCH3 is 1. The van der Waals surface area contributed by atoms with Crippen LogP contribution in [0, 0.1) is 0 Å². The number of aromatic nitrogens is 1. The van der Waals surface area contributed by atoms with E-state index in [0.29, 0.717) is 17.1 Å². The largest absolute Gasteiger partial charge is 0.493 e. The number of carbonyl (C=O) groups is 1. The third kappa shape index (κ3) is 5.18. The summed E-state index contributed by atoms with van der Waals surface area (Å²) in [6.45, 7) is 3.91. The molecule has 0 saturated carbocycles. The highest BCUT2D eigenvalue weighted by Crippen LogP contribution is 2.28. The van der Waals surface area contributed by atoms with Crippen molar-refractivity contribution in [3.8, 4) is 22.8 Å². The highest BCUT2D eigenvalue weighted by molar-refractivity contribution is 6.07. The van der Waals surface area contributed by atoms with Gasteiger partial charge < -0.3 is 9.47 Å². The standard InChI is InChI=1S/C27H25N3O3/c1-18(2)33-25-14-13-19(15-26(25)32-3)17-28-30-27(31)22-16-24(20-9-5-4-6-10-20)29-23-12-8-7-11-21(22)23/h4-18H,1-3H3,(H,30,31). The molecule has 4 aromatic rings. The summed E-state index contributed by atoms with van der Waals surface area (Å²) in [5.74, 6) is 0.950. The minimum absolute atomic E-state index is 0.0358. The molecule has 0 saturated heterocycles. The van der Waals surface area contributed by atoms with Gasteiger partial charge in [-0.2, -0.15) is 5.10 Å². The van der Waals surface area contributed by atoms with Crippen molar-refractivity contribution in [2.75, 3.05) is 7.11 Å². The molecule has 4 rings (SSSR count). The second kappa shape index (κ2) is 9.96. The SMILES string of the molecule is COc1cc(C=NNC(=O)c2cc(-c3ccccc3)nc3ccccc23)ccc1OC(C)C. The van der Waals surface area contributed by atoms with Gasteiger partial charge in [0.25, 0.3) is 5.91 Å². The minimum atomic E-state index is -0.311. The van der Waals surface area contributed by atoms with Crippen LogP contribution >= 0.6 is 0 Å². The van der Waals surface area contributed by atoms with Crippen LogP contribution in [0.15, 0.2) is 84.0 Å². The van der Waals surface area contributed by atoms with Crippen LogP contribution in [0.25, 0.3) is 22.2 Å². The summed E-state index contributed by atoms with van der Waals surface area (Å²) in [6, 6.07) is 24.6. The zero-order chi connectivity index (χ0) is 23.2. The van der Waals surface area contributed by atoms with E-state index >= 15 is 0 Å². The lowest BCUT2D eigenvalue weighted by Gasteiger charge is -2.13. The van der Waals surface area contributed by atoms with E-state index < -0.39 is 0 Å². The van der Waals surface area contributed by atoms with Gasteiger partial charge in [0.05, 0.1) is 36.2 Å². The van der Waals surface area contributed by atoms with E-state index in [0.717, 1.165) is 27.7 Å². The van der Waals surface area contributed by atoms with Crippen LogP contribution in [-0.2, 0) is 0 Å². The predicted molar refractivity (Wildman–Crippen MR) is 131 cm³/mol. The summed E-state index contributed by atoms with van der Waals surface area (Å²) in [6.07, 6.45) is 1.61. The van der Waals surface area contributed by atoms with Gasteiger partial charge in [-0.15, -0.1) is 0 Å². The Kier molecular flexibility index (Phi) is 6.64. The summed E-state index contributed by atoms with van der Waals surface area (Å²) in [5.41, 5.74) is 6.33. The van der Waals surface area contributed by atoms with Gasteiger partial charge in [-0.1, -0.05) is 48.5 Å². The number of hydrogen-bond acceptors (Lipinski definition) is 5. The van der Waals surface area contributed by atoms with Crippen LogP contribution in [0.5, 0.6) is 11.5 Å². The lowest BCUT2D eigenvalue weighted by molar-refractivity contribution is 0.0956. The van der Waals surface area contributed by atoms with Crippen molar-refractivity contribution in [2.45, 2.75) is 20.0 Å². The highest BCUT2D eigenvalue weighted by Gasteiger charge is 2.13. The van der Waals surface area contributed by atoms with Gasteiger partial charge in [-0.3, -0.25) is 4.79 Å². The molecule has 0 aliphatic heterocycles. The third-order valence-corrected chi connectivity index (χ3v) is 4.96. The molecule has 0 atom stereocenters. The third-order valence-electron chi connectivity index (χ3n) is 4.96. The number of hydrogen-bond donors (Lipinski definition) is 1. The number of rotatable bonds is 7. The second-order valence-electron chi connectivity index (χ2n) is 7.71. The zero-order valence-electron chi connectivity index (χ0n) is 18.8. The van der Waals surface area contributed by atoms with Gasteiger partial charge in [0.15, 0.2) is 11.5 Å². The van der Waals surface area contributed by atoms with Gasteiger partial charge in [0.1, 0.15) is 0 Å². The molecule has 0 bridgehead atoms. The van der Waals surface area contributed by atoms with Gasteiger partial charge >= 0.3 is 0 Å². The van der Waals surface area contributed by atoms with Crippen molar-refractivity contribution in [2.24, 2.45) is 5.10 Å². The van der Waals surface area contributed by atoms with Gasteiger partial charge in [-0.25, -0.2) is 10.4 Å². The summed E-state index contributed by atoms with van der Waals surface area (Å²) in [4.78, 5) is 17.8. The number of benzene rings is 3. The van der Waals surface area contributed by atoms with Crippen LogP contribution in [0.3, 0.4) is 0 Å². The Balaban J connectivity index is 1.59. The molecule has 1 N–H and O–H groups in total. The first-order valence-corrected chi connectivity index (χ1v) is 10.7. The molecule has 0 aliphatic rings. The van der Waals surface area contributed by atoms with Crippen molar-refractivity contribution in [1.29, 1.82) is 0 Å². The van der Waals surface area contributed by atoms with Gasteiger partial charge in [-0.05, 0) is 49.7 Å². The van der Waals surface area contributed by atoms with Crippen molar-refractivity contribution in [3.63, 3.8) is 0 Å². The van der Waals surface area contributed by atoms with Gasteiger partial charge in [0, 0.05) is 10.9 Å². The van der Waals surface area contributed by atoms with Crippen molar-refractivity contribution in [3.05, 3.63) is 90.0 Å². The molecular weight excluding hydrogens is 414 g/mol. The number of amides is 1. The average Bonchev–Trinajstić information content (AvgIpc) is 2.84. The number of pyridine rings is 1. The molecule has 0 aliphatic carbocycles. The molecule has 33 heavy (non-hydrogen) atoms. The molecule has 0 fully saturated rings. The first-order valence-electron chi connectivity index (χ1n) is 10.7. The van der Waals surface area contributed by atoms with Crippen LogP contribution < -0.4 is 14.9 Å². The molecular formula is C27H25N3O3. The molecule has 1 amide bonds. The van der Waals surface area contributed by atoms with E-state index in [4.69, 9.17) is 14.5 Å². The number of hydrazone groups is 1. The lowest BCUT2D eigenvalue weighted by atomic mass is 10.0. The Bertz CT molecular complexity index is 1300. The van der Waals surface area contributed by atoms with E-state index in [-0.39, 0.29) is 12.0 Å². The van der Waals surface area contributed by atoms with E-state index in [2.05, 4.69) is 10.5 Å². The fourth-order valence-corrected chi connectivity index (χ4v) is 3.46. The van der Waals surface area contributed by atoms with Gasteiger partial charge in [0.2, 0.25) is 0 Å². The maximum Gasteiger partial charge on any atom is 0.272 e. The van der Waals surface area contributed by atoms with Crippen LogP contribution in [0.2, 0.25) is 0 Å². The lowest BCUT2D eigenvalue weighted by Crippen LogP contribution is -2.18. The molecule has 6 heteroatoms. The average molecular weight is 440 g/mol. The Morgan fingerprint density at radius 2 is 1.73 bits per heavy atom. The number of nitrogens with one attached hydrogen (secondary N) is 1. The van der Waals surface area contributed by atoms with Crippen LogP contribution in [0.1, 0.15) is 29.8 Å². The Morgan fingerprint density at radius 1 is 0.970 bits per heavy atom. The quantitative estimate of drug-likeness (QED) is 0.306. The van der Waals surface area contributed by atoms with E-state index in [1.807, 2.05) is 86.6 Å². The number of ether oxygens (including phenoxy) is 2. The first-order chi connectivity index (χ1) is 16.0. The van der Waals surface area contributed by atoms with Crippen molar-refractivity contribution < 1.29 is 14.3 Å². The summed E-state index contributed by atoms with van der Waals surface area (Å²) < 4.78 is 11.1. The molecule has 1 aromatic heterocycles. The van der Waals surface area contributed by atoms with E-state index in [1.54, 1.807) is 19.4 Å². The van der Waals surface area contributed by atoms with E-state index in [9.17, 15) is 4.79 Å². The van der Waals surface area contributed by atoms with Crippen LogP contribution in [0.4, 0.5) is 0 Å². The molecule has 6 nitrogen and oxygen atoms in total. The minimum Gasteiger partial charge on any atom is -0.493 e. The Labute approximate surface area is 192 Å². The van der Waals surface area contributed by atoms with Crippen molar-refractivity contribution >= 4 is 23.0 Å². The second-order valence-corrected chi connectivity index (χ2v) is 7.71. The van der Waals surface area contributed by atoms with E-state index in [1.165, 1.54) is 0 Å². The highest BCUT2D eigenvalue weighted by atomic mass is 16.5. The monoisotopic (exact) mass is 439 g/mol. The van der Waals surface area contributed by atoms with Crippen LogP contribution in [-0.4, -0.2) is 30.3 Å². The predicted octanol–water partition coefficient (Wildman–Crippen LogP) is 5.46. The first kappa shape index (κ1) is 22.0. The summed E-state index contributed by atoms with van der Waals surface area (Å²) in [7, 11) is 1.59.